The van der Waals surface area contributed by atoms with Crippen LogP contribution < -0.4 is 5.32 Å². The monoisotopic (exact) mass is 264 g/mol. The zero-order chi connectivity index (χ0) is 13.1. The van der Waals surface area contributed by atoms with Crippen molar-refractivity contribution in [1.82, 2.24) is 10.2 Å². The van der Waals surface area contributed by atoms with Gasteiger partial charge in [0.1, 0.15) is 5.76 Å². The molecule has 0 radical (unpaired) electrons. The average molecular weight is 264 g/mol. The van der Waals surface area contributed by atoms with Crippen molar-refractivity contribution in [3.63, 3.8) is 0 Å². The Morgan fingerprint density at radius 1 is 1.37 bits per heavy atom. The maximum absolute atomic E-state index is 5.68. The first-order chi connectivity index (χ1) is 9.31. The smallest absolute Gasteiger partial charge is 0.122 e. The van der Waals surface area contributed by atoms with E-state index in [2.05, 4.69) is 23.3 Å². The highest BCUT2D eigenvalue weighted by molar-refractivity contribution is 5.17. The van der Waals surface area contributed by atoms with Crippen LogP contribution in [0, 0.1) is 0 Å². The lowest BCUT2D eigenvalue weighted by Crippen LogP contribution is -2.28. The molecule has 2 heterocycles. The molecule has 0 spiro atoms. The van der Waals surface area contributed by atoms with E-state index in [4.69, 9.17) is 9.15 Å². The van der Waals surface area contributed by atoms with Gasteiger partial charge in [-0.2, -0.15) is 0 Å². The van der Waals surface area contributed by atoms with Gasteiger partial charge < -0.3 is 14.5 Å². The van der Waals surface area contributed by atoms with Gasteiger partial charge in [-0.25, -0.2) is 0 Å². The standard InChI is InChI=1S/C15H24N2O2/c1-17(11-14-3-2-7-18-14)10-12-6-8-19-15(12)9-16-13-4-5-13/h6,8,13-14,16H,2-5,7,9-11H2,1H3. The largest absolute Gasteiger partial charge is 0.468 e. The van der Waals surface area contributed by atoms with E-state index in [-0.39, 0.29) is 0 Å². The van der Waals surface area contributed by atoms with Crippen molar-refractivity contribution in [2.24, 2.45) is 0 Å². The van der Waals surface area contributed by atoms with Gasteiger partial charge in [0.25, 0.3) is 0 Å². The maximum atomic E-state index is 5.68. The number of hydrogen-bond acceptors (Lipinski definition) is 4. The van der Waals surface area contributed by atoms with Gasteiger partial charge in [0.2, 0.25) is 0 Å². The molecule has 0 amide bonds. The molecule has 106 valence electrons. The van der Waals surface area contributed by atoms with E-state index in [9.17, 15) is 0 Å². The maximum Gasteiger partial charge on any atom is 0.122 e. The minimum absolute atomic E-state index is 0.421. The van der Waals surface area contributed by atoms with E-state index in [1.165, 1.54) is 31.2 Å². The summed E-state index contributed by atoms with van der Waals surface area (Å²) in [6, 6.07) is 2.82. The molecule has 19 heavy (non-hydrogen) atoms. The van der Waals surface area contributed by atoms with Gasteiger partial charge in [0, 0.05) is 31.3 Å². The number of furan rings is 1. The van der Waals surface area contributed by atoms with Gasteiger partial charge in [-0.15, -0.1) is 0 Å². The number of likely N-dealkylation sites (N-methyl/N-ethyl adjacent to an activating group) is 1. The molecule has 1 aliphatic heterocycles. The molecule has 2 fully saturated rings. The van der Waals surface area contributed by atoms with Gasteiger partial charge in [-0.1, -0.05) is 0 Å². The van der Waals surface area contributed by atoms with E-state index in [0.29, 0.717) is 6.10 Å². The van der Waals surface area contributed by atoms with Crippen molar-refractivity contribution in [2.75, 3.05) is 20.2 Å². The fourth-order valence-corrected chi connectivity index (χ4v) is 2.68. The van der Waals surface area contributed by atoms with Gasteiger partial charge in [0.05, 0.1) is 18.9 Å². The highest BCUT2D eigenvalue weighted by atomic mass is 16.5. The third-order valence-corrected chi connectivity index (χ3v) is 3.95. The Hall–Kier alpha value is -0.840. The summed E-state index contributed by atoms with van der Waals surface area (Å²) in [5, 5.41) is 3.51. The molecule has 4 nitrogen and oxygen atoms in total. The van der Waals surface area contributed by atoms with Crippen molar-refractivity contribution in [2.45, 2.75) is 50.9 Å². The normalized spacial score (nSPS) is 23.4. The Morgan fingerprint density at radius 3 is 3.00 bits per heavy atom. The van der Waals surface area contributed by atoms with Crippen LogP contribution >= 0.6 is 0 Å². The molecule has 0 aromatic carbocycles. The van der Waals surface area contributed by atoms with Crippen molar-refractivity contribution >= 4 is 0 Å². The number of rotatable bonds is 7. The molecule has 3 rings (SSSR count). The lowest BCUT2D eigenvalue weighted by molar-refractivity contribution is 0.0791. The summed E-state index contributed by atoms with van der Waals surface area (Å²) in [5.74, 6) is 1.09. The predicted molar refractivity (Wildman–Crippen MR) is 73.9 cm³/mol. The van der Waals surface area contributed by atoms with E-state index >= 15 is 0 Å². The molecule has 1 saturated heterocycles. The molecule has 1 unspecified atom stereocenters. The van der Waals surface area contributed by atoms with Crippen LogP contribution in [0.5, 0.6) is 0 Å². The van der Waals surface area contributed by atoms with E-state index in [1.54, 1.807) is 6.26 Å². The molecule has 0 bridgehead atoms. The lowest BCUT2D eigenvalue weighted by Gasteiger charge is -2.20. The van der Waals surface area contributed by atoms with E-state index in [0.717, 1.165) is 38.0 Å². The van der Waals surface area contributed by atoms with Gasteiger partial charge >= 0.3 is 0 Å². The Kier molecular flexibility index (Phi) is 4.21. The molecule has 1 N–H and O–H groups in total. The number of nitrogens with one attached hydrogen (secondary N) is 1. The summed E-state index contributed by atoms with van der Waals surface area (Å²) in [5.41, 5.74) is 1.30. The summed E-state index contributed by atoms with van der Waals surface area (Å²) in [7, 11) is 2.16. The third kappa shape index (κ3) is 3.81. The van der Waals surface area contributed by atoms with Crippen molar-refractivity contribution in [1.29, 1.82) is 0 Å². The second-order valence-corrected chi connectivity index (χ2v) is 5.86. The van der Waals surface area contributed by atoms with E-state index in [1.807, 2.05) is 0 Å². The van der Waals surface area contributed by atoms with Crippen LogP contribution in [0.3, 0.4) is 0 Å². The molecular formula is C15H24N2O2. The minimum atomic E-state index is 0.421. The predicted octanol–water partition coefficient (Wildman–Crippen LogP) is 2.14. The average Bonchev–Trinajstić information content (AvgIpc) is 2.89. The second kappa shape index (κ2) is 6.07. The molecular weight excluding hydrogens is 240 g/mol. The SMILES string of the molecule is CN(Cc1ccoc1CNC1CC1)CC1CCCO1. The highest BCUT2D eigenvalue weighted by Crippen LogP contribution is 2.21. The number of nitrogens with zero attached hydrogens (tertiary/aromatic N) is 1. The van der Waals surface area contributed by atoms with Crippen molar-refractivity contribution < 1.29 is 9.15 Å². The molecule has 1 aliphatic carbocycles. The topological polar surface area (TPSA) is 37.6 Å². The number of hydrogen-bond donors (Lipinski definition) is 1. The van der Waals surface area contributed by atoms with Crippen LogP contribution in [0.2, 0.25) is 0 Å². The van der Waals surface area contributed by atoms with E-state index < -0.39 is 0 Å². The molecule has 1 aromatic rings. The Labute approximate surface area is 115 Å². The van der Waals surface area contributed by atoms with Crippen molar-refractivity contribution in [3.8, 4) is 0 Å². The Bertz CT molecular complexity index is 395. The third-order valence-electron chi connectivity index (χ3n) is 3.95. The first kappa shape index (κ1) is 13.2. The minimum Gasteiger partial charge on any atom is -0.468 e. The fourth-order valence-electron chi connectivity index (χ4n) is 2.68. The number of ether oxygens (including phenoxy) is 1. The summed E-state index contributed by atoms with van der Waals surface area (Å²) in [6.45, 7) is 3.75. The van der Waals surface area contributed by atoms with Crippen LogP contribution in [-0.2, 0) is 17.8 Å². The zero-order valence-corrected chi connectivity index (χ0v) is 11.7. The summed E-state index contributed by atoms with van der Waals surface area (Å²) >= 11 is 0. The lowest BCUT2D eigenvalue weighted by atomic mass is 10.2. The Balaban J connectivity index is 1.48. The van der Waals surface area contributed by atoms with Crippen LogP contribution in [0.25, 0.3) is 0 Å². The quantitative estimate of drug-likeness (QED) is 0.819. The first-order valence-electron chi connectivity index (χ1n) is 7.40. The first-order valence-corrected chi connectivity index (χ1v) is 7.40. The molecule has 1 saturated carbocycles. The van der Waals surface area contributed by atoms with Crippen LogP contribution in [0.4, 0.5) is 0 Å². The summed E-state index contributed by atoms with van der Waals surface area (Å²) < 4.78 is 11.3. The molecule has 2 aliphatic rings. The van der Waals surface area contributed by atoms with Gasteiger partial charge in [0.15, 0.2) is 0 Å². The van der Waals surface area contributed by atoms with Crippen LogP contribution in [-0.4, -0.2) is 37.2 Å². The molecule has 1 atom stereocenters. The van der Waals surface area contributed by atoms with Crippen LogP contribution in [0.1, 0.15) is 37.0 Å². The fraction of sp³-hybridized carbons (Fsp3) is 0.733. The van der Waals surface area contributed by atoms with Gasteiger partial charge in [-0.3, -0.25) is 4.90 Å². The molecule has 1 aromatic heterocycles. The molecule has 4 heteroatoms. The van der Waals surface area contributed by atoms with Gasteiger partial charge in [-0.05, 0) is 38.8 Å². The Morgan fingerprint density at radius 2 is 2.26 bits per heavy atom. The van der Waals surface area contributed by atoms with Crippen LogP contribution in [0.15, 0.2) is 16.7 Å². The summed E-state index contributed by atoms with van der Waals surface area (Å²) in [6.07, 6.45) is 7.26. The zero-order valence-electron chi connectivity index (χ0n) is 11.7. The highest BCUT2D eigenvalue weighted by Gasteiger charge is 2.22. The second-order valence-electron chi connectivity index (χ2n) is 5.86. The van der Waals surface area contributed by atoms with Crippen molar-refractivity contribution in [3.05, 3.63) is 23.7 Å². The summed E-state index contributed by atoms with van der Waals surface area (Å²) in [4.78, 5) is 2.33.